The Morgan fingerprint density at radius 3 is 2.45 bits per heavy atom. The first-order chi connectivity index (χ1) is 9.32. The van der Waals surface area contributed by atoms with E-state index in [2.05, 4.69) is 0 Å². The van der Waals surface area contributed by atoms with E-state index in [1.54, 1.807) is 0 Å². The summed E-state index contributed by atoms with van der Waals surface area (Å²) in [4.78, 5) is 10.3. The fraction of sp³-hybridized carbons (Fsp3) is 0.500. The van der Waals surface area contributed by atoms with Crippen LogP contribution in [0, 0.1) is 17.0 Å². The van der Waals surface area contributed by atoms with Gasteiger partial charge in [-0.2, -0.15) is 4.31 Å². The molecule has 1 aliphatic rings. The van der Waals surface area contributed by atoms with E-state index < -0.39 is 14.9 Å². The van der Waals surface area contributed by atoms with Crippen LogP contribution >= 0.6 is 0 Å². The van der Waals surface area contributed by atoms with E-state index in [4.69, 9.17) is 5.73 Å². The summed E-state index contributed by atoms with van der Waals surface area (Å²) in [6.07, 6.45) is 1.26. The molecule has 1 saturated heterocycles. The van der Waals surface area contributed by atoms with Crippen molar-refractivity contribution < 1.29 is 13.3 Å². The molecule has 0 unspecified atom stereocenters. The summed E-state index contributed by atoms with van der Waals surface area (Å²) in [5.41, 5.74) is 6.02. The molecule has 1 aromatic rings. The van der Waals surface area contributed by atoms with Crippen LogP contribution in [-0.4, -0.2) is 36.8 Å². The predicted octanol–water partition coefficient (Wildman–Crippen LogP) is 1.02. The number of aryl methyl sites for hydroxylation is 1. The number of rotatable bonds is 3. The van der Waals surface area contributed by atoms with Crippen LogP contribution in [0.5, 0.6) is 0 Å². The van der Waals surface area contributed by atoms with Crippen molar-refractivity contribution in [3.05, 3.63) is 33.9 Å². The van der Waals surface area contributed by atoms with Gasteiger partial charge in [0.05, 0.1) is 9.82 Å². The Morgan fingerprint density at radius 1 is 1.35 bits per heavy atom. The van der Waals surface area contributed by atoms with Gasteiger partial charge in [-0.15, -0.1) is 0 Å². The molecule has 2 rings (SSSR count). The van der Waals surface area contributed by atoms with E-state index in [-0.39, 0.29) is 16.6 Å². The van der Waals surface area contributed by atoms with Gasteiger partial charge >= 0.3 is 0 Å². The van der Waals surface area contributed by atoms with Crippen LogP contribution in [0.25, 0.3) is 0 Å². The minimum absolute atomic E-state index is 0.0417. The summed E-state index contributed by atoms with van der Waals surface area (Å²) in [7, 11) is -3.60. The molecule has 0 bridgehead atoms. The molecule has 0 atom stereocenters. The molecule has 2 N–H and O–H groups in total. The molecule has 20 heavy (non-hydrogen) atoms. The standard InChI is InChI=1S/C12H17N3O4S/c1-9-8-11(2-3-12(9)15(16)17)20(18,19)14-6-4-10(13)5-7-14/h2-3,8,10H,4-7,13H2,1H3. The Balaban J connectivity index is 2.30. The van der Waals surface area contributed by atoms with Gasteiger partial charge in [-0.25, -0.2) is 8.42 Å². The summed E-state index contributed by atoms with van der Waals surface area (Å²) >= 11 is 0. The van der Waals surface area contributed by atoms with Crippen molar-refractivity contribution in [2.75, 3.05) is 13.1 Å². The molecule has 0 radical (unpaired) electrons. The smallest absolute Gasteiger partial charge is 0.272 e. The third-order valence-corrected chi connectivity index (χ3v) is 5.40. The number of hydrogen-bond acceptors (Lipinski definition) is 5. The topological polar surface area (TPSA) is 107 Å². The van der Waals surface area contributed by atoms with E-state index in [9.17, 15) is 18.5 Å². The van der Waals surface area contributed by atoms with Crippen LogP contribution in [0.1, 0.15) is 18.4 Å². The molecule has 1 heterocycles. The van der Waals surface area contributed by atoms with E-state index in [1.807, 2.05) is 0 Å². The fourth-order valence-corrected chi connectivity index (χ4v) is 3.81. The highest BCUT2D eigenvalue weighted by Gasteiger charge is 2.29. The molecule has 0 aliphatic carbocycles. The first kappa shape index (κ1) is 14.9. The second kappa shape index (κ2) is 5.47. The van der Waals surface area contributed by atoms with Crippen LogP contribution in [0.4, 0.5) is 5.69 Å². The van der Waals surface area contributed by atoms with Crippen molar-refractivity contribution >= 4 is 15.7 Å². The Labute approximate surface area is 117 Å². The quantitative estimate of drug-likeness (QED) is 0.662. The largest absolute Gasteiger partial charge is 0.328 e. The first-order valence-electron chi connectivity index (χ1n) is 6.33. The summed E-state index contributed by atoms with van der Waals surface area (Å²) < 4.78 is 26.3. The zero-order valence-electron chi connectivity index (χ0n) is 11.2. The molecule has 0 spiro atoms. The normalized spacial score (nSPS) is 18.1. The van der Waals surface area contributed by atoms with Gasteiger partial charge < -0.3 is 5.73 Å². The van der Waals surface area contributed by atoms with Crippen molar-refractivity contribution in [1.29, 1.82) is 0 Å². The van der Waals surface area contributed by atoms with Crippen LogP contribution in [0.2, 0.25) is 0 Å². The van der Waals surface area contributed by atoms with E-state index >= 15 is 0 Å². The zero-order valence-corrected chi connectivity index (χ0v) is 12.0. The van der Waals surface area contributed by atoms with Crippen molar-refractivity contribution in [3.8, 4) is 0 Å². The molecule has 0 saturated carbocycles. The van der Waals surface area contributed by atoms with Crippen LogP contribution in [0.3, 0.4) is 0 Å². The predicted molar refractivity (Wildman–Crippen MR) is 73.8 cm³/mol. The number of nitrogens with zero attached hydrogens (tertiary/aromatic N) is 2. The summed E-state index contributed by atoms with van der Waals surface area (Å²) in [5.74, 6) is 0. The average Bonchev–Trinajstić information content (AvgIpc) is 2.38. The lowest BCUT2D eigenvalue weighted by Crippen LogP contribution is -2.42. The minimum atomic E-state index is -3.60. The van der Waals surface area contributed by atoms with Crippen molar-refractivity contribution in [1.82, 2.24) is 4.31 Å². The first-order valence-corrected chi connectivity index (χ1v) is 7.77. The number of nitro groups is 1. The number of nitrogens with two attached hydrogens (primary N) is 1. The Bertz CT molecular complexity index is 622. The third kappa shape index (κ3) is 2.82. The maximum atomic E-state index is 12.4. The number of nitro benzene ring substituents is 1. The van der Waals surface area contributed by atoms with Gasteiger partial charge in [-0.3, -0.25) is 10.1 Å². The van der Waals surface area contributed by atoms with Gasteiger partial charge in [-0.1, -0.05) is 0 Å². The summed E-state index contributed by atoms with van der Waals surface area (Å²) in [6.45, 7) is 2.31. The molecule has 8 heteroatoms. The number of benzene rings is 1. The number of piperidine rings is 1. The van der Waals surface area contributed by atoms with Gasteiger partial charge in [0.15, 0.2) is 0 Å². The Kier molecular flexibility index (Phi) is 4.07. The van der Waals surface area contributed by atoms with Gasteiger partial charge in [0.2, 0.25) is 10.0 Å². The van der Waals surface area contributed by atoms with Crippen LogP contribution < -0.4 is 5.73 Å². The Hall–Kier alpha value is -1.51. The molecule has 7 nitrogen and oxygen atoms in total. The van der Waals surface area contributed by atoms with E-state index in [0.717, 1.165) is 0 Å². The van der Waals surface area contributed by atoms with Gasteiger partial charge in [0.1, 0.15) is 0 Å². The lowest BCUT2D eigenvalue weighted by atomic mass is 10.1. The highest BCUT2D eigenvalue weighted by Crippen LogP contribution is 2.25. The molecule has 110 valence electrons. The highest BCUT2D eigenvalue weighted by atomic mass is 32.2. The second-order valence-corrected chi connectivity index (χ2v) is 6.88. The van der Waals surface area contributed by atoms with Gasteiger partial charge in [0, 0.05) is 30.8 Å². The molecular formula is C12H17N3O4S. The molecule has 0 aromatic heterocycles. The Morgan fingerprint density at radius 2 is 1.95 bits per heavy atom. The molecular weight excluding hydrogens is 282 g/mol. The maximum absolute atomic E-state index is 12.4. The van der Waals surface area contributed by atoms with Crippen LogP contribution in [0.15, 0.2) is 23.1 Å². The zero-order chi connectivity index (χ0) is 14.9. The van der Waals surface area contributed by atoms with E-state index in [1.165, 1.54) is 29.4 Å². The molecule has 1 aliphatic heterocycles. The third-order valence-electron chi connectivity index (χ3n) is 3.50. The van der Waals surface area contributed by atoms with Gasteiger partial charge in [-0.05, 0) is 31.9 Å². The number of hydrogen-bond donors (Lipinski definition) is 1. The highest BCUT2D eigenvalue weighted by molar-refractivity contribution is 7.89. The summed E-state index contributed by atoms with van der Waals surface area (Å²) in [5, 5.41) is 10.8. The maximum Gasteiger partial charge on any atom is 0.272 e. The minimum Gasteiger partial charge on any atom is -0.328 e. The SMILES string of the molecule is Cc1cc(S(=O)(=O)N2CCC(N)CC2)ccc1[N+](=O)[O-]. The van der Waals surface area contributed by atoms with E-state index in [0.29, 0.717) is 31.5 Å². The lowest BCUT2D eigenvalue weighted by molar-refractivity contribution is -0.385. The van der Waals surface area contributed by atoms with Crippen molar-refractivity contribution in [3.63, 3.8) is 0 Å². The summed E-state index contributed by atoms with van der Waals surface area (Å²) in [6, 6.07) is 3.91. The lowest BCUT2D eigenvalue weighted by Gasteiger charge is -2.29. The average molecular weight is 299 g/mol. The van der Waals surface area contributed by atoms with Crippen molar-refractivity contribution in [2.24, 2.45) is 5.73 Å². The number of sulfonamides is 1. The molecule has 1 fully saturated rings. The van der Waals surface area contributed by atoms with Gasteiger partial charge in [0.25, 0.3) is 5.69 Å². The fourth-order valence-electron chi connectivity index (χ4n) is 2.26. The van der Waals surface area contributed by atoms with Crippen LogP contribution in [-0.2, 0) is 10.0 Å². The monoisotopic (exact) mass is 299 g/mol. The molecule has 0 amide bonds. The molecule has 1 aromatic carbocycles. The second-order valence-electron chi connectivity index (χ2n) is 4.95. The van der Waals surface area contributed by atoms with Crippen molar-refractivity contribution in [2.45, 2.75) is 30.7 Å².